The van der Waals surface area contributed by atoms with Crippen molar-refractivity contribution >= 4 is 0 Å². The van der Waals surface area contributed by atoms with Crippen LogP contribution in [0.2, 0.25) is 0 Å². The Labute approximate surface area is 67.0 Å². The highest BCUT2D eigenvalue weighted by molar-refractivity contribution is 5.19. The molecular formula is C7H16N4. The second-order valence-electron chi connectivity index (χ2n) is 2.64. The van der Waals surface area contributed by atoms with Gasteiger partial charge in [0.05, 0.1) is 6.04 Å². The van der Waals surface area contributed by atoms with Gasteiger partial charge in [-0.3, -0.25) is 0 Å². The molecule has 0 saturated carbocycles. The van der Waals surface area contributed by atoms with E-state index in [1.54, 1.807) is 0 Å². The zero-order valence-electron chi connectivity index (χ0n) is 6.64. The summed E-state index contributed by atoms with van der Waals surface area (Å²) in [7, 11) is 0. The Hall–Kier alpha value is -0.580. The number of rotatable bonds is 5. The first-order chi connectivity index (χ1) is 5.36. The monoisotopic (exact) mass is 156 g/mol. The number of hydrogen-bond donors (Lipinski definition) is 4. The number of hydrogen-bond acceptors (Lipinski definition) is 4. The molecule has 0 spiro atoms. The minimum Gasteiger partial charge on any atom is -0.380 e. The fourth-order valence-electron chi connectivity index (χ4n) is 1.04. The highest BCUT2D eigenvalue weighted by Crippen LogP contribution is 2.03. The highest BCUT2D eigenvalue weighted by atomic mass is 15.0. The molecule has 4 nitrogen and oxygen atoms in total. The Bertz CT molecular complexity index is 143. The standard InChI is InChI=1S/C7H16N4/c8-1-2-10-5-7-3-6(4-9)11-7/h3,6,10-11H,1-2,4-5,8-9H2/t6-/m1/s1. The van der Waals surface area contributed by atoms with Crippen LogP contribution in [0.15, 0.2) is 11.8 Å². The van der Waals surface area contributed by atoms with E-state index in [0.29, 0.717) is 19.1 Å². The van der Waals surface area contributed by atoms with Gasteiger partial charge in [0.15, 0.2) is 0 Å². The first-order valence-electron chi connectivity index (χ1n) is 3.95. The van der Waals surface area contributed by atoms with Gasteiger partial charge in [-0.25, -0.2) is 0 Å². The Balaban J connectivity index is 2.02. The van der Waals surface area contributed by atoms with Gasteiger partial charge < -0.3 is 22.1 Å². The molecule has 1 aliphatic heterocycles. The molecule has 0 radical (unpaired) electrons. The average Bonchev–Trinajstić information content (AvgIpc) is 1.94. The summed E-state index contributed by atoms with van der Waals surface area (Å²) in [6, 6.07) is 0.393. The quantitative estimate of drug-likeness (QED) is 0.360. The molecule has 1 heterocycles. The molecule has 0 fully saturated rings. The first kappa shape index (κ1) is 8.52. The summed E-state index contributed by atoms with van der Waals surface area (Å²) in [5.41, 5.74) is 11.9. The van der Waals surface area contributed by atoms with Crippen molar-refractivity contribution in [3.8, 4) is 0 Å². The predicted octanol–water partition coefficient (Wildman–Crippen LogP) is -1.65. The summed E-state index contributed by atoms with van der Waals surface area (Å²) in [6.07, 6.45) is 2.14. The van der Waals surface area contributed by atoms with Crippen molar-refractivity contribution in [1.29, 1.82) is 0 Å². The molecule has 0 saturated heterocycles. The van der Waals surface area contributed by atoms with E-state index in [-0.39, 0.29) is 0 Å². The zero-order valence-corrected chi connectivity index (χ0v) is 6.64. The molecule has 1 rings (SSSR count). The molecule has 0 aromatic carbocycles. The SMILES string of the molecule is NCCNCC1=C[C@H](CN)N1. The lowest BCUT2D eigenvalue weighted by molar-refractivity contribution is 0.567. The summed E-state index contributed by atoms with van der Waals surface area (Å²) in [5, 5.41) is 6.41. The van der Waals surface area contributed by atoms with E-state index in [4.69, 9.17) is 11.5 Å². The molecule has 0 bridgehead atoms. The highest BCUT2D eigenvalue weighted by Gasteiger charge is 2.14. The molecule has 64 valence electrons. The van der Waals surface area contributed by atoms with E-state index >= 15 is 0 Å². The first-order valence-corrected chi connectivity index (χ1v) is 3.95. The smallest absolute Gasteiger partial charge is 0.0584 e. The molecule has 0 aromatic rings. The number of nitrogens with one attached hydrogen (secondary N) is 2. The van der Waals surface area contributed by atoms with Crippen LogP contribution in [0.1, 0.15) is 0 Å². The van der Waals surface area contributed by atoms with Crippen LogP contribution in [-0.2, 0) is 0 Å². The van der Waals surface area contributed by atoms with Gasteiger partial charge in [0, 0.05) is 31.9 Å². The zero-order chi connectivity index (χ0) is 8.10. The normalized spacial score (nSPS) is 22.0. The maximum absolute atomic E-state index is 5.40. The maximum Gasteiger partial charge on any atom is 0.0584 e. The van der Waals surface area contributed by atoms with Crippen LogP contribution in [0, 0.1) is 0 Å². The van der Waals surface area contributed by atoms with Crippen molar-refractivity contribution in [2.45, 2.75) is 6.04 Å². The third-order valence-electron chi connectivity index (χ3n) is 1.66. The Morgan fingerprint density at radius 1 is 1.55 bits per heavy atom. The molecule has 0 aromatic heterocycles. The van der Waals surface area contributed by atoms with E-state index in [1.165, 1.54) is 5.70 Å². The van der Waals surface area contributed by atoms with E-state index < -0.39 is 0 Å². The van der Waals surface area contributed by atoms with Crippen molar-refractivity contribution in [2.75, 3.05) is 26.2 Å². The van der Waals surface area contributed by atoms with Crippen LogP contribution in [0.25, 0.3) is 0 Å². The largest absolute Gasteiger partial charge is 0.380 e. The molecule has 0 amide bonds. The topological polar surface area (TPSA) is 76.1 Å². The fourth-order valence-corrected chi connectivity index (χ4v) is 1.04. The van der Waals surface area contributed by atoms with Gasteiger partial charge in [-0.15, -0.1) is 0 Å². The van der Waals surface area contributed by atoms with Crippen LogP contribution < -0.4 is 22.1 Å². The average molecular weight is 156 g/mol. The van der Waals surface area contributed by atoms with Gasteiger partial charge >= 0.3 is 0 Å². The molecule has 1 atom stereocenters. The second-order valence-corrected chi connectivity index (χ2v) is 2.64. The van der Waals surface area contributed by atoms with Crippen LogP contribution in [0.5, 0.6) is 0 Å². The van der Waals surface area contributed by atoms with E-state index in [1.807, 2.05) is 0 Å². The van der Waals surface area contributed by atoms with E-state index in [9.17, 15) is 0 Å². The van der Waals surface area contributed by atoms with Gasteiger partial charge in [-0.2, -0.15) is 0 Å². The van der Waals surface area contributed by atoms with Gasteiger partial charge in [0.25, 0.3) is 0 Å². The lowest BCUT2D eigenvalue weighted by atomic mass is 10.1. The molecule has 11 heavy (non-hydrogen) atoms. The summed E-state index contributed by atoms with van der Waals surface area (Å²) in [6.45, 7) is 3.12. The van der Waals surface area contributed by atoms with Gasteiger partial charge in [0.2, 0.25) is 0 Å². The van der Waals surface area contributed by atoms with Crippen LogP contribution in [0.4, 0.5) is 0 Å². The second kappa shape index (κ2) is 4.33. The predicted molar refractivity (Wildman–Crippen MR) is 46.0 cm³/mol. The Kier molecular flexibility index (Phi) is 3.35. The van der Waals surface area contributed by atoms with Crippen molar-refractivity contribution in [2.24, 2.45) is 11.5 Å². The van der Waals surface area contributed by atoms with Crippen molar-refractivity contribution in [1.82, 2.24) is 10.6 Å². The lowest BCUT2D eigenvalue weighted by Gasteiger charge is -2.27. The summed E-state index contributed by atoms with van der Waals surface area (Å²) < 4.78 is 0. The van der Waals surface area contributed by atoms with E-state index in [0.717, 1.165) is 13.1 Å². The lowest BCUT2D eigenvalue weighted by Crippen LogP contribution is -2.45. The van der Waals surface area contributed by atoms with Gasteiger partial charge in [-0.1, -0.05) is 0 Å². The molecule has 4 heteroatoms. The van der Waals surface area contributed by atoms with Crippen LogP contribution in [0.3, 0.4) is 0 Å². The Morgan fingerprint density at radius 3 is 2.82 bits per heavy atom. The fraction of sp³-hybridized carbons (Fsp3) is 0.714. The maximum atomic E-state index is 5.40. The van der Waals surface area contributed by atoms with E-state index in [2.05, 4.69) is 16.7 Å². The number of nitrogens with two attached hydrogens (primary N) is 2. The summed E-state index contributed by atoms with van der Waals surface area (Å²) in [4.78, 5) is 0. The summed E-state index contributed by atoms with van der Waals surface area (Å²) >= 11 is 0. The molecular weight excluding hydrogens is 140 g/mol. The molecule has 0 unspecified atom stereocenters. The van der Waals surface area contributed by atoms with Gasteiger partial charge in [0.1, 0.15) is 0 Å². The minimum atomic E-state index is 0.393. The molecule has 1 aliphatic rings. The van der Waals surface area contributed by atoms with Crippen LogP contribution in [-0.4, -0.2) is 32.2 Å². The molecule has 0 aliphatic carbocycles. The minimum absolute atomic E-state index is 0.393. The van der Waals surface area contributed by atoms with Crippen molar-refractivity contribution < 1.29 is 0 Å². The Morgan fingerprint density at radius 2 is 2.27 bits per heavy atom. The third-order valence-corrected chi connectivity index (χ3v) is 1.66. The van der Waals surface area contributed by atoms with Crippen LogP contribution >= 0.6 is 0 Å². The molecule has 6 N–H and O–H groups in total. The van der Waals surface area contributed by atoms with Crippen molar-refractivity contribution in [3.63, 3.8) is 0 Å². The van der Waals surface area contributed by atoms with Gasteiger partial charge in [-0.05, 0) is 6.08 Å². The van der Waals surface area contributed by atoms with Crippen molar-refractivity contribution in [3.05, 3.63) is 11.8 Å². The third kappa shape index (κ3) is 2.49. The summed E-state index contributed by atoms with van der Waals surface area (Å²) in [5.74, 6) is 0.